The molecule has 0 atom stereocenters. The van der Waals surface area contributed by atoms with Crippen molar-refractivity contribution in [3.05, 3.63) is 101 Å². The molecular formula is C27H26FN3O2. The Hall–Kier alpha value is -3.67. The van der Waals surface area contributed by atoms with Crippen molar-refractivity contribution >= 4 is 17.6 Å². The molecule has 3 aromatic rings. The van der Waals surface area contributed by atoms with Gasteiger partial charge in [-0.1, -0.05) is 42.5 Å². The van der Waals surface area contributed by atoms with Crippen molar-refractivity contribution in [3.63, 3.8) is 0 Å². The second kappa shape index (κ2) is 9.06. The zero-order chi connectivity index (χ0) is 22.8. The van der Waals surface area contributed by atoms with Crippen LogP contribution in [-0.4, -0.2) is 41.4 Å². The van der Waals surface area contributed by atoms with E-state index in [1.54, 1.807) is 40.1 Å². The van der Waals surface area contributed by atoms with Gasteiger partial charge in [-0.25, -0.2) is 9.18 Å². The first-order valence-electron chi connectivity index (χ1n) is 11.4. The predicted octanol–water partition coefficient (Wildman–Crippen LogP) is 4.86. The van der Waals surface area contributed by atoms with Crippen LogP contribution in [0.5, 0.6) is 0 Å². The van der Waals surface area contributed by atoms with E-state index in [-0.39, 0.29) is 24.3 Å². The summed E-state index contributed by atoms with van der Waals surface area (Å²) in [7, 11) is 0. The number of anilines is 1. The van der Waals surface area contributed by atoms with E-state index >= 15 is 0 Å². The Kier molecular flexibility index (Phi) is 5.82. The average Bonchev–Trinajstić information content (AvgIpc) is 2.86. The molecule has 5 nitrogen and oxygen atoms in total. The molecule has 1 fully saturated rings. The third kappa shape index (κ3) is 4.33. The molecule has 0 aromatic heterocycles. The lowest BCUT2D eigenvalue weighted by atomic mass is 9.99. The number of hydrogen-bond acceptors (Lipinski definition) is 2. The summed E-state index contributed by atoms with van der Waals surface area (Å²) in [5.74, 6) is -0.298. The van der Waals surface area contributed by atoms with E-state index < -0.39 is 0 Å². The molecule has 0 bridgehead atoms. The van der Waals surface area contributed by atoms with E-state index in [1.807, 2.05) is 29.2 Å². The topological polar surface area (TPSA) is 43.9 Å². The van der Waals surface area contributed by atoms with E-state index in [1.165, 1.54) is 17.2 Å². The number of hydrogen-bond donors (Lipinski definition) is 0. The van der Waals surface area contributed by atoms with Crippen molar-refractivity contribution in [1.29, 1.82) is 0 Å². The maximum Gasteiger partial charge on any atom is 0.324 e. The molecule has 0 saturated carbocycles. The Morgan fingerprint density at radius 1 is 0.848 bits per heavy atom. The van der Waals surface area contributed by atoms with E-state index in [0.29, 0.717) is 37.3 Å². The van der Waals surface area contributed by atoms with Gasteiger partial charge < -0.3 is 9.80 Å². The molecule has 3 amide bonds. The molecular weight excluding hydrogens is 417 g/mol. The lowest BCUT2D eigenvalue weighted by Crippen LogP contribution is -2.49. The zero-order valence-electron chi connectivity index (χ0n) is 18.4. The molecule has 2 aliphatic heterocycles. The quantitative estimate of drug-likeness (QED) is 0.578. The van der Waals surface area contributed by atoms with Crippen LogP contribution in [0.25, 0.3) is 0 Å². The lowest BCUT2D eigenvalue weighted by Gasteiger charge is -2.36. The van der Waals surface area contributed by atoms with Gasteiger partial charge in [0.2, 0.25) is 0 Å². The van der Waals surface area contributed by atoms with Crippen LogP contribution < -0.4 is 4.90 Å². The number of carbonyl (C=O) groups excluding carboxylic acids is 2. The Morgan fingerprint density at radius 2 is 1.58 bits per heavy atom. The van der Waals surface area contributed by atoms with Gasteiger partial charge in [0.1, 0.15) is 5.82 Å². The van der Waals surface area contributed by atoms with Crippen LogP contribution >= 0.6 is 0 Å². The van der Waals surface area contributed by atoms with Crippen LogP contribution in [0, 0.1) is 5.82 Å². The minimum absolute atomic E-state index is 0.00204. The van der Waals surface area contributed by atoms with E-state index in [0.717, 1.165) is 18.5 Å². The molecule has 0 unspecified atom stereocenters. The standard InChI is InChI=1S/C27H26FN3O2/c28-25-9-4-3-8-23(25)19-30-15-5-16-31(27(30)33)24-12-10-21(11-13-24)26(32)29-17-14-20-6-1-2-7-22(20)18-29/h1-4,6-13H,5,14-19H2. The fourth-order valence-electron chi connectivity index (χ4n) is 4.64. The molecule has 2 heterocycles. The highest BCUT2D eigenvalue weighted by molar-refractivity contribution is 5.96. The van der Waals surface area contributed by atoms with E-state index in [2.05, 4.69) is 12.1 Å². The van der Waals surface area contributed by atoms with Gasteiger partial charge in [0.25, 0.3) is 5.91 Å². The van der Waals surface area contributed by atoms with E-state index in [9.17, 15) is 14.0 Å². The van der Waals surface area contributed by atoms with Gasteiger partial charge in [0, 0.05) is 43.0 Å². The highest BCUT2D eigenvalue weighted by atomic mass is 19.1. The number of urea groups is 1. The number of amides is 3. The van der Waals surface area contributed by atoms with Crippen LogP contribution in [0.15, 0.2) is 72.8 Å². The van der Waals surface area contributed by atoms with Crippen molar-refractivity contribution in [2.75, 3.05) is 24.5 Å². The molecule has 168 valence electrons. The van der Waals surface area contributed by atoms with E-state index in [4.69, 9.17) is 0 Å². The third-order valence-corrected chi connectivity index (χ3v) is 6.47. The SMILES string of the molecule is O=C(c1ccc(N2CCCN(Cc3ccccc3F)C2=O)cc1)N1CCc2ccccc2C1. The van der Waals surface area contributed by atoms with Gasteiger partial charge in [-0.2, -0.15) is 0 Å². The fraction of sp³-hybridized carbons (Fsp3) is 0.259. The second-order valence-electron chi connectivity index (χ2n) is 8.59. The summed E-state index contributed by atoms with van der Waals surface area (Å²) in [5.41, 5.74) is 4.38. The summed E-state index contributed by atoms with van der Waals surface area (Å²) < 4.78 is 14.1. The summed E-state index contributed by atoms with van der Waals surface area (Å²) >= 11 is 0. The summed E-state index contributed by atoms with van der Waals surface area (Å²) in [5, 5.41) is 0. The first-order valence-corrected chi connectivity index (χ1v) is 11.4. The number of rotatable bonds is 4. The summed E-state index contributed by atoms with van der Waals surface area (Å²) in [6.07, 6.45) is 1.66. The van der Waals surface area contributed by atoms with Gasteiger partial charge in [-0.05, 0) is 54.3 Å². The van der Waals surface area contributed by atoms with Crippen molar-refractivity contribution < 1.29 is 14.0 Å². The number of fused-ring (bicyclic) bond motifs is 1. The van der Waals surface area contributed by atoms with Crippen molar-refractivity contribution in [1.82, 2.24) is 9.80 Å². The van der Waals surface area contributed by atoms with Gasteiger partial charge >= 0.3 is 6.03 Å². The Morgan fingerprint density at radius 3 is 2.36 bits per heavy atom. The number of benzene rings is 3. The smallest absolute Gasteiger partial charge is 0.324 e. The van der Waals surface area contributed by atoms with Crippen LogP contribution in [0.4, 0.5) is 14.9 Å². The molecule has 0 aliphatic carbocycles. The Bertz CT molecular complexity index is 1180. The molecule has 5 rings (SSSR count). The largest absolute Gasteiger partial charge is 0.334 e. The summed E-state index contributed by atoms with van der Waals surface area (Å²) in [6, 6.07) is 21.9. The maximum atomic E-state index is 14.1. The minimum atomic E-state index is -0.300. The Balaban J connectivity index is 1.27. The molecule has 6 heteroatoms. The van der Waals surface area contributed by atoms with Gasteiger partial charge in [0.05, 0.1) is 6.54 Å². The third-order valence-electron chi connectivity index (χ3n) is 6.47. The van der Waals surface area contributed by atoms with Crippen LogP contribution in [0.3, 0.4) is 0 Å². The molecule has 1 saturated heterocycles. The number of carbonyl (C=O) groups is 2. The van der Waals surface area contributed by atoms with Crippen molar-refractivity contribution in [3.8, 4) is 0 Å². The molecule has 3 aromatic carbocycles. The van der Waals surface area contributed by atoms with Gasteiger partial charge in [-0.3, -0.25) is 9.69 Å². The molecule has 0 spiro atoms. The summed E-state index contributed by atoms with van der Waals surface area (Å²) in [4.78, 5) is 31.4. The predicted molar refractivity (Wildman–Crippen MR) is 125 cm³/mol. The zero-order valence-corrected chi connectivity index (χ0v) is 18.4. The molecule has 0 N–H and O–H groups in total. The fourth-order valence-corrected chi connectivity index (χ4v) is 4.64. The number of halogens is 1. The first-order chi connectivity index (χ1) is 16.1. The molecule has 0 radical (unpaired) electrons. The number of nitrogens with zero attached hydrogens (tertiary/aromatic N) is 3. The van der Waals surface area contributed by atoms with Crippen LogP contribution in [0.2, 0.25) is 0 Å². The van der Waals surface area contributed by atoms with Crippen LogP contribution in [0.1, 0.15) is 33.5 Å². The highest BCUT2D eigenvalue weighted by Gasteiger charge is 2.28. The average molecular weight is 444 g/mol. The molecule has 2 aliphatic rings. The lowest BCUT2D eigenvalue weighted by molar-refractivity contribution is 0.0734. The maximum absolute atomic E-state index is 14.1. The highest BCUT2D eigenvalue weighted by Crippen LogP contribution is 2.24. The normalized spacial score (nSPS) is 16.0. The van der Waals surface area contributed by atoms with Crippen molar-refractivity contribution in [2.45, 2.75) is 25.9 Å². The second-order valence-corrected chi connectivity index (χ2v) is 8.59. The summed E-state index contributed by atoms with van der Waals surface area (Å²) in [6.45, 7) is 2.76. The van der Waals surface area contributed by atoms with Crippen molar-refractivity contribution in [2.24, 2.45) is 0 Å². The minimum Gasteiger partial charge on any atom is -0.334 e. The van der Waals surface area contributed by atoms with Gasteiger partial charge in [0.15, 0.2) is 0 Å². The first kappa shape index (κ1) is 21.2. The monoisotopic (exact) mass is 443 g/mol. The molecule has 33 heavy (non-hydrogen) atoms. The van der Waals surface area contributed by atoms with Crippen LogP contribution in [-0.2, 0) is 19.5 Å². The van der Waals surface area contributed by atoms with Gasteiger partial charge in [-0.15, -0.1) is 0 Å². The Labute approximate surface area is 193 Å².